The fraction of sp³-hybridized carbons (Fsp3) is 0.148. The monoisotopic (exact) mass is 486 g/mol. The molecule has 2 aromatic carbocycles. The van der Waals surface area contributed by atoms with E-state index in [-0.39, 0.29) is 12.2 Å². The Labute approximate surface area is 204 Å². The van der Waals surface area contributed by atoms with Crippen molar-refractivity contribution in [3.63, 3.8) is 0 Å². The maximum absolute atomic E-state index is 13.7. The standard InChI is InChI=1S/C27H22N2O5S/c1-3-33-26(31)22-23(17-8-5-4-6-9-17)28-27-29(24(22)18-11-13-19(32-2)14-12-18)25(30)21(35-27)16-20-10-7-15-34-20/h4-16,24H,3H2,1-2H3/b21-16-/t24-/m0/s1. The number of methoxy groups -OCH3 is 1. The molecule has 0 saturated carbocycles. The van der Waals surface area contributed by atoms with Gasteiger partial charge in [-0.25, -0.2) is 9.79 Å². The van der Waals surface area contributed by atoms with Crippen LogP contribution in [0.15, 0.2) is 92.8 Å². The van der Waals surface area contributed by atoms with Crippen molar-refractivity contribution in [2.45, 2.75) is 13.0 Å². The average Bonchev–Trinajstić information content (AvgIpc) is 3.51. The summed E-state index contributed by atoms with van der Waals surface area (Å²) in [7, 11) is 1.59. The Kier molecular flexibility index (Phi) is 6.20. The summed E-state index contributed by atoms with van der Waals surface area (Å²) in [6.45, 7) is 1.95. The highest BCUT2D eigenvalue weighted by Gasteiger charge is 2.35. The summed E-state index contributed by atoms with van der Waals surface area (Å²) >= 11 is 1.25. The molecule has 1 atom stereocenters. The number of esters is 1. The Morgan fingerprint density at radius 3 is 2.54 bits per heavy atom. The summed E-state index contributed by atoms with van der Waals surface area (Å²) in [6.07, 6.45) is 3.24. The van der Waals surface area contributed by atoms with Gasteiger partial charge in [-0.05, 0) is 36.8 Å². The molecule has 35 heavy (non-hydrogen) atoms. The maximum atomic E-state index is 13.7. The van der Waals surface area contributed by atoms with Crippen LogP contribution in [0, 0.1) is 0 Å². The highest BCUT2D eigenvalue weighted by atomic mass is 32.1. The zero-order valence-electron chi connectivity index (χ0n) is 19.1. The van der Waals surface area contributed by atoms with E-state index < -0.39 is 12.0 Å². The molecular weight excluding hydrogens is 464 g/mol. The van der Waals surface area contributed by atoms with Crippen molar-refractivity contribution in [3.05, 3.63) is 115 Å². The van der Waals surface area contributed by atoms with Crippen molar-refractivity contribution in [1.29, 1.82) is 0 Å². The second-order valence-corrected chi connectivity index (χ2v) is 8.73. The van der Waals surface area contributed by atoms with E-state index in [1.807, 2.05) is 42.5 Å². The number of hydrogen-bond acceptors (Lipinski definition) is 7. The van der Waals surface area contributed by atoms with Crippen LogP contribution in [0.1, 0.15) is 29.9 Å². The molecule has 1 aliphatic rings. The molecule has 0 unspecified atom stereocenters. The average molecular weight is 487 g/mol. The van der Waals surface area contributed by atoms with Crippen LogP contribution in [0.25, 0.3) is 11.8 Å². The highest BCUT2D eigenvalue weighted by Crippen LogP contribution is 2.35. The molecule has 0 radical (unpaired) electrons. The van der Waals surface area contributed by atoms with E-state index in [1.54, 1.807) is 55.2 Å². The number of nitrogens with zero attached hydrogens (tertiary/aromatic N) is 2. The van der Waals surface area contributed by atoms with E-state index in [0.29, 0.717) is 32.1 Å². The number of rotatable bonds is 6. The van der Waals surface area contributed by atoms with Crippen LogP contribution < -0.4 is 19.6 Å². The number of benzene rings is 2. The molecule has 0 aliphatic carbocycles. The van der Waals surface area contributed by atoms with Crippen molar-refractivity contribution in [2.75, 3.05) is 13.7 Å². The molecule has 8 heteroatoms. The minimum absolute atomic E-state index is 0.197. The molecule has 3 heterocycles. The largest absolute Gasteiger partial charge is 0.497 e. The van der Waals surface area contributed by atoms with Gasteiger partial charge < -0.3 is 13.9 Å². The molecule has 2 aromatic heterocycles. The Hall–Kier alpha value is -4.17. The number of carbonyl (C=O) groups excluding carboxylic acids is 1. The first kappa shape index (κ1) is 22.6. The molecule has 0 amide bonds. The van der Waals surface area contributed by atoms with Crippen molar-refractivity contribution in [3.8, 4) is 5.75 Å². The molecule has 7 nitrogen and oxygen atoms in total. The molecule has 5 rings (SSSR count). The molecule has 0 saturated heterocycles. The number of aromatic nitrogens is 1. The lowest BCUT2D eigenvalue weighted by atomic mass is 9.93. The van der Waals surface area contributed by atoms with Crippen LogP contribution in [0.2, 0.25) is 0 Å². The zero-order valence-corrected chi connectivity index (χ0v) is 20.0. The Bertz CT molecular complexity index is 1560. The Morgan fingerprint density at radius 2 is 1.89 bits per heavy atom. The fourth-order valence-corrected chi connectivity index (χ4v) is 5.03. The normalized spacial score (nSPS) is 15.5. The number of hydrogen-bond donors (Lipinski definition) is 0. The quantitative estimate of drug-likeness (QED) is 0.390. The lowest BCUT2D eigenvalue weighted by molar-refractivity contribution is -0.138. The van der Waals surface area contributed by atoms with Crippen LogP contribution in [-0.4, -0.2) is 24.3 Å². The van der Waals surface area contributed by atoms with Crippen LogP contribution in [0.4, 0.5) is 0 Å². The SMILES string of the molecule is CCOC(=O)C1=C(c2ccccc2)N=c2s/c(=C\c3ccco3)c(=O)n2[C@H]1c1ccc(OC)cc1. The van der Waals surface area contributed by atoms with Gasteiger partial charge in [0.2, 0.25) is 0 Å². The van der Waals surface area contributed by atoms with Gasteiger partial charge in [-0.1, -0.05) is 53.8 Å². The van der Waals surface area contributed by atoms with Crippen LogP contribution in [0.5, 0.6) is 5.75 Å². The van der Waals surface area contributed by atoms with E-state index in [9.17, 15) is 9.59 Å². The Balaban J connectivity index is 1.83. The summed E-state index contributed by atoms with van der Waals surface area (Å²) in [5.41, 5.74) is 2.02. The number of carbonyl (C=O) groups is 1. The molecule has 176 valence electrons. The summed E-state index contributed by atoms with van der Waals surface area (Å²) in [5.74, 6) is 0.712. The predicted octanol–water partition coefficient (Wildman–Crippen LogP) is 3.54. The van der Waals surface area contributed by atoms with Gasteiger partial charge in [-0.2, -0.15) is 0 Å². The van der Waals surface area contributed by atoms with Crippen LogP contribution in [-0.2, 0) is 9.53 Å². The highest BCUT2D eigenvalue weighted by molar-refractivity contribution is 7.07. The first-order chi connectivity index (χ1) is 17.1. The molecule has 0 N–H and O–H groups in total. The maximum Gasteiger partial charge on any atom is 0.338 e. The first-order valence-corrected chi connectivity index (χ1v) is 11.9. The van der Waals surface area contributed by atoms with Gasteiger partial charge in [0, 0.05) is 11.6 Å². The van der Waals surface area contributed by atoms with E-state index in [1.165, 1.54) is 11.3 Å². The van der Waals surface area contributed by atoms with E-state index in [2.05, 4.69) is 0 Å². The third kappa shape index (κ3) is 4.24. The molecule has 0 bridgehead atoms. The number of furan rings is 1. The summed E-state index contributed by atoms with van der Waals surface area (Å²) in [6, 6.07) is 19.6. The van der Waals surface area contributed by atoms with Gasteiger partial charge >= 0.3 is 5.97 Å². The number of ether oxygens (including phenoxy) is 2. The molecular formula is C27H22N2O5S. The van der Waals surface area contributed by atoms with Crippen molar-refractivity contribution < 1.29 is 18.7 Å². The van der Waals surface area contributed by atoms with Gasteiger partial charge in [0.15, 0.2) is 4.80 Å². The lowest BCUT2D eigenvalue weighted by Crippen LogP contribution is -2.40. The van der Waals surface area contributed by atoms with Crippen molar-refractivity contribution in [2.24, 2.45) is 4.99 Å². The third-order valence-corrected chi connectivity index (χ3v) is 6.60. The third-order valence-electron chi connectivity index (χ3n) is 5.62. The topological polar surface area (TPSA) is 83.0 Å². The van der Waals surface area contributed by atoms with Gasteiger partial charge in [-0.3, -0.25) is 9.36 Å². The van der Waals surface area contributed by atoms with Gasteiger partial charge in [-0.15, -0.1) is 0 Å². The van der Waals surface area contributed by atoms with Crippen LogP contribution in [0.3, 0.4) is 0 Å². The zero-order chi connectivity index (χ0) is 24.4. The molecule has 1 aliphatic heterocycles. The smallest absolute Gasteiger partial charge is 0.338 e. The summed E-state index contributed by atoms with van der Waals surface area (Å²) in [5, 5.41) is 0. The van der Waals surface area contributed by atoms with E-state index in [0.717, 1.165) is 11.1 Å². The minimum atomic E-state index is -0.731. The second kappa shape index (κ2) is 9.60. The first-order valence-electron chi connectivity index (χ1n) is 11.1. The summed E-state index contributed by atoms with van der Waals surface area (Å²) in [4.78, 5) is 32.3. The summed E-state index contributed by atoms with van der Waals surface area (Å²) < 4.78 is 18.2. The molecule has 0 spiro atoms. The Morgan fingerprint density at radius 1 is 1.11 bits per heavy atom. The van der Waals surface area contributed by atoms with Gasteiger partial charge in [0.05, 0.1) is 41.8 Å². The van der Waals surface area contributed by atoms with E-state index >= 15 is 0 Å². The van der Waals surface area contributed by atoms with E-state index in [4.69, 9.17) is 18.9 Å². The molecule has 0 fully saturated rings. The second-order valence-electron chi connectivity index (χ2n) is 7.72. The minimum Gasteiger partial charge on any atom is -0.497 e. The predicted molar refractivity (Wildman–Crippen MR) is 133 cm³/mol. The lowest BCUT2D eigenvalue weighted by Gasteiger charge is -2.26. The fourth-order valence-electron chi connectivity index (χ4n) is 4.04. The number of thiazole rings is 1. The number of fused-ring (bicyclic) bond motifs is 1. The van der Waals surface area contributed by atoms with Crippen molar-refractivity contribution >= 4 is 29.1 Å². The van der Waals surface area contributed by atoms with Gasteiger partial charge in [0.1, 0.15) is 11.5 Å². The van der Waals surface area contributed by atoms with Gasteiger partial charge in [0.25, 0.3) is 5.56 Å². The molecule has 4 aromatic rings. The van der Waals surface area contributed by atoms with Crippen LogP contribution >= 0.6 is 11.3 Å². The van der Waals surface area contributed by atoms with Crippen molar-refractivity contribution in [1.82, 2.24) is 4.57 Å².